The minimum absolute atomic E-state index is 0.370. The fourth-order valence-corrected chi connectivity index (χ4v) is 3.93. The van der Waals surface area contributed by atoms with E-state index in [0.717, 1.165) is 18.7 Å². The number of nitrogens with zero attached hydrogens (tertiary/aromatic N) is 1. The first-order valence-electron chi connectivity index (χ1n) is 6.95. The van der Waals surface area contributed by atoms with Crippen LogP contribution in [-0.2, 0) is 21.3 Å². The van der Waals surface area contributed by atoms with Gasteiger partial charge in [-0.1, -0.05) is 6.92 Å². The molecule has 122 valence electrons. The Hall–Kier alpha value is -0.510. The van der Waals surface area contributed by atoms with Crippen LogP contribution in [0.15, 0.2) is 15.7 Å². The van der Waals surface area contributed by atoms with Crippen molar-refractivity contribution in [1.29, 1.82) is 0 Å². The van der Waals surface area contributed by atoms with Crippen LogP contribution in [0, 0.1) is 0 Å². The Kier molecular flexibility index (Phi) is 8.38. The minimum atomic E-state index is -3.40. The van der Waals surface area contributed by atoms with E-state index in [1.54, 1.807) is 13.2 Å². The van der Waals surface area contributed by atoms with Gasteiger partial charge in [-0.05, 0) is 30.6 Å². The standard InChI is InChI=1S/C13H25N3O3S2/c1-4-14-10-12-9-13(20-11-12)21(17,18)15-5-6-16(2)7-8-19-3/h9,11,14-15H,4-8,10H2,1-3H3. The summed E-state index contributed by atoms with van der Waals surface area (Å²) >= 11 is 1.26. The van der Waals surface area contributed by atoms with E-state index >= 15 is 0 Å². The van der Waals surface area contributed by atoms with Gasteiger partial charge in [-0.15, -0.1) is 11.3 Å². The Morgan fingerprint density at radius 2 is 2.14 bits per heavy atom. The van der Waals surface area contributed by atoms with Gasteiger partial charge in [0.15, 0.2) is 0 Å². The zero-order valence-electron chi connectivity index (χ0n) is 12.9. The fourth-order valence-electron chi connectivity index (χ4n) is 1.66. The number of ether oxygens (including phenoxy) is 1. The second-order valence-corrected chi connectivity index (χ2v) is 7.65. The number of hydrogen-bond donors (Lipinski definition) is 2. The minimum Gasteiger partial charge on any atom is -0.383 e. The third-order valence-electron chi connectivity index (χ3n) is 2.94. The molecule has 0 aliphatic carbocycles. The first-order chi connectivity index (χ1) is 9.99. The number of rotatable bonds is 11. The van der Waals surface area contributed by atoms with E-state index in [-0.39, 0.29) is 0 Å². The van der Waals surface area contributed by atoms with Crippen LogP contribution >= 0.6 is 11.3 Å². The molecule has 1 rings (SSSR count). The molecule has 1 aromatic heterocycles. The van der Waals surface area contributed by atoms with Crippen LogP contribution in [0.1, 0.15) is 12.5 Å². The van der Waals surface area contributed by atoms with Crippen LogP contribution in [0.4, 0.5) is 0 Å². The van der Waals surface area contributed by atoms with E-state index in [1.165, 1.54) is 11.3 Å². The van der Waals surface area contributed by atoms with Crippen molar-refractivity contribution >= 4 is 21.4 Å². The number of sulfonamides is 1. The molecule has 2 N–H and O–H groups in total. The number of thiophene rings is 1. The molecular weight excluding hydrogens is 310 g/mol. The van der Waals surface area contributed by atoms with Gasteiger partial charge in [0.1, 0.15) is 4.21 Å². The van der Waals surface area contributed by atoms with Gasteiger partial charge in [-0.2, -0.15) is 0 Å². The molecule has 6 nitrogen and oxygen atoms in total. The van der Waals surface area contributed by atoms with Gasteiger partial charge in [-0.3, -0.25) is 0 Å². The quantitative estimate of drug-likeness (QED) is 0.623. The molecule has 0 fully saturated rings. The lowest BCUT2D eigenvalue weighted by atomic mass is 10.3. The first-order valence-corrected chi connectivity index (χ1v) is 9.31. The topological polar surface area (TPSA) is 70.7 Å². The zero-order valence-corrected chi connectivity index (χ0v) is 14.5. The Morgan fingerprint density at radius 1 is 1.38 bits per heavy atom. The molecule has 0 radical (unpaired) electrons. The van der Waals surface area contributed by atoms with Crippen molar-refractivity contribution in [3.63, 3.8) is 0 Å². The molecule has 0 spiro atoms. The highest BCUT2D eigenvalue weighted by molar-refractivity contribution is 7.91. The van der Waals surface area contributed by atoms with Crippen molar-refractivity contribution in [3.05, 3.63) is 17.0 Å². The van der Waals surface area contributed by atoms with E-state index in [2.05, 4.69) is 10.0 Å². The summed E-state index contributed by atoms with van der Waals surface area (Å²) in [6.45, 7) is 6.05. The normalized spacial score (nSPS) is 12.2. The van der Waals surface area contributed by atoms with Crippen molar-refractivity contribution in [2.45, 2.75) is 17.7 Å². The van der Waals surface area contributed by atoms with E-state index in [4.69, 9.17) is 4.74 Å². The van der Waals surface area contributed by atoms with Gasteiger partial charge >= 0.3 is 0 Å². The SMILES string of the molecule is CCNCc1csc(S(=O)(=O)NCCN(C)CCOC)c1. The maximum absolute atomic E-state index is 12.2. The molecule has 1 heterocycles. The molecule has 0 saturated heterocycles. The van der Waals surface area contributed by atoms with Crippen LogP contribution in [0.5, 0.6) is 0 Å². The van der Waals surface area contributed by atoms with Crippen molar-refractivity contribution in [1.82, 2.24) is 14.9 Å². The summed E-state index contributed by atoms with van der Waals surface area (Å²) in [5, 5.41) is 5.06. The largest absolute Gasteiger partial charge is 0.383 e. The van der Waals surface area contributed by atoms with Gasteiger partial charge in [0.05, 0.1) is 6.61 Å². The molecule has 0 unspecified atom stereocenters. The molecule has 0 bridgehead atoms. The van der Waals surface area contributed by atoms with Crippen LogP contribution in [0.2, 0.25) is 0 Å². The van der Waals surface area contributed by atoms with Crippen LogP contribution in [0.25, 0.3) is 0 Å². The Morgan fingerprint density at radius 3 is 2.81 bits per heavy atom. The number of hydrogen-bond acceptors (Lipinski definition) is 6. The molecule has 0 atom stereocenters. The van der Waals surface area contributed by atoms with Gasteiger partial charge in [0, 0.05) is 33.3 Å². The maximum Gasteiger partial charge on any atom is 0.250 e. The molecule has 0 amide bonds. The lowest BCUT2D eigenvalue weighted by Crippen LogP contribution is -2.34. The Balaban J connectivity index is 2.44. The van der Waals surface area contributed by atoms with E-state index in [0.29, 0.717) is 30.5 Å². The Bertz CT molecular complexity index is 503. The highest BCUT2D eigenvalue weighted by atomic mass is 32.2. The number of likely N-dealkylation sites (N-methyl/N-ethyl adjacent to an activating group) is 1. The predicted molar refractivity (Wildman–Crippen MR) is 86.3 cm³/mol. The summed E-state index contributed by atoms with van der Waals surface area (Å²) in [5.41, 5.74) is 0.999. The van der Waals surface area contributed by atoms with Crippen LogP contribution in [-0.4, -0.2) is 60.3 Å². The molecule has 8 heteroatoms. The maximum atomic E-state index is 12.2. The second-order valence-electron chi connectivity index (χ2n) is 4.75. The average molecular weight is 335 g/mol. The van der Waals surface area contributed by atoms with Crippen molar-refractivity contribution in [2.24, 2.45) is 0 Å². The summed E-state index contributed by atoms with van der Waals surface area (Å²) in [6, 6.07) is 1.73. The number of nitrogens with one attached hydrogen (secondary N) is 2. The van der Waals surface area contributed by atoms with Crippen molar-refractivity contribution in [3.8, 4) is 0 Å². The highest BCUT2D eigenvalue weighted by Crippen LogP contribution is 2.19. The molecule has 0 aliphatic rings. The van der Waals surface area contributed by atoms with E-state index in [1.807, 2.05) is 24.3 Å². The monoisotopic (exact) mass is 335 g/mol. The highest BCUT2D eigenvalue weighted by Gasteiger charge is 2.16. The van der Waals surface area contributed by atoms with Crippen molar-refractivity contribution in [2.75, 3.05) is 46.9 Å². The molecule has 0 aliphatic heterocycles. The first kappa shape index (κ1) is 18.5. The van der Waals surface area contributed by atoms with E-state index in [9.17, 15) is 8.42 Å². The molecule has 1 aromatic rings. The zero-order chi connectivity index (χ0) is 15.7. The average Bonchev–Trinajstić information content (AvgIpc) is 2.92. The fraction of sp³-hybridized carbons (Fsp3) is 0.692. The van der Waals surface area contributed by atoms with Gasteiger partial charge < -0.3 is 15.0 Å². The molecule has 0 aromatic carbocycles. The third-order valence-corrected chi connectivity index (χ3v) is 5.89. The summed E-state index contributed by atoms with van der Waals surface area (Å²) in [5.74, 6) is 0. The van der Waals surface area contributed by atoms with Crippen LogP contribution in [0.3, 0.4) is 0 Å². The lowest BCUT2D eigenvalue weighted by molar-refractivity contribution is 0.162. The van der Waals surface area contributed by atoms with Crippen LogP contribution < -0.4 is 10.0 Å². The predicted octanol–water partition coefficient (Wildman–Crippen LogP) is 0.714. The smallest absolute Gasteiger partial charge is 0.250 e. The number of methoxy groups -OCH3 is 1. The summed E-state index contributed by atoms with van der Waals surface area (Å²) in [7, 11) is 0.191. The van der Waals surface area contributed by atoms with E-state index < -0.39 is 10.0 Å². The van der Waals surface area contributed by atoms with Gasteiger partial charge in [0.25, 0.3) is 0 Å². The summed E-state index contributed by atoms with van der Waals surface area (Å²) in [4.78, 5) is 2.02. The molecule has 0 saturated carbocycles. The Labute approximate surface area is 131 Å². The summed E-state index contributed by atoms with van der Waals surface area (Å²) in [6.07, 6.45) is 0. The molecule has 21 heavy (non-hydrogen) atoms. The molecular formula is C13H25N3O3S2. The van der Waals surface area contributed by atoms with Gasteiger partial charge in [0.2, 0.25) is 10.0 Å². The lowest BCUT2D eigenvalue weighted by Gasteiger charge is -2.15. The van der Waals surface area contributed by atoms with Gasteiger partial charge in [-0.25, -0.2) is 13.1 Å². The third kappa shape index (κ3) is 6.86. The van der Waals surface area contributed by atoms with Crippen molar-refractivity contribution < 1.29 is 13.2 Å². The summed E-state index contributed by atoms with van der Waals surface area (Å²) < 4.78 is 32.3. The second kappa shape index (κ2) is 9.50.